The number of nitrogens with zero attached hydrogens (tertiary/aromatic N) is 1. The molecule has 0 spiro atoms. The van der Waals surface area contributed by atoms with Crippen molar-refractivity contribution in [1.29, 1.82) is 0 Å². The number of hydrogen-bond donors (Lipinski definition) is 2. The van der Waals surface area contributed by atoms with E-state index in [9.17, 15) is 9.90 Å². The van der Waals surface area contributed by atoms with E-state index in [0.29, 0.717) is 5.69 Å². The summed E-state index contributed by atoms with van der Waals surface area (Å²) in [6.45, 7) is 0. The van der Waals surface area contributed by atoms with Crippen molar-refractivity contribution < 1.29 is 9.90 Å². The van der Waals surface area contributed by atoms with Gasteiger partial charge < -0.3 is 21.5 Å². The fourth-order valence-electron chi connectivity index (χ4n) is 0.945. The molecular weight excluding hydrogens is 170 g/mol. The molecule has 0 heterocycles. The Morgan fingerprint density at radius 2 is 2.00 bits per heavy atom. The first-order valence-corrected chi connectivity index (χ1v) is 3.51. The lowest BCUT2D eigenvalue weighted by molar-refractivity contribution is -0.294. The summed E-state index contributed by atoms with van der Waals surface area (Å²) >= 11 is 0. The third-order valence-electron chi connectivity index (χ3n) is 1.54. The van der Waals surface area contributed by atoms with E-state index >= 15 is 0 Å². The van der Waals surface area contributed by atoms with Crippen LogP contribution in [0.2, 0.25) is 0 Å². The molecule has 0 fully saturated rings. The number of para-hydroxylation sites is 1. The summed E-state index contributed by atoms with van der Waals surface area (Å²) in [4.78, 5) is 10.5. The highest BCUT2D eigenvalue weighted by atomic mass is 16.4. The second kappa shape index (κ2) is 3.57. The van der Waals surface area contributed by atoms with Crippen LogP contribution in [0.1, 0.15) is 5.56 Å². The van der Waals surface area contributed by atoms with Gasteiger partial charge in [0.05, 0.1) is 5.97 Å². The van der Waals surface area contributed by atoms with E-state index < -0.39 is 5.97 Å². The lowest BCUT2D eigenvalue weighted by Crippen LogP contribution is -2.33. The molecule has 1 rings (SSSR count). The molecule has 0 aliphatic heterocycles. The summed E-state index contributed by atoms with van der Waals surface area (Å²) in [5.41, 5.74) is 5.73. The van der Waals surface area contributed by atoms with Crippen molar-refractivity contribution in [3.63, 3.8) is 0 Å². The average Bonchev–Trinajstić information content (AvgIpc) is 2.09. The monoisotopic (exact) mass is 178 g/mol. The summed E-state index contributed by atoms with van der Waals surface area (Å²) in [6.07, 6.45) is 0. The Morgan fingerprint density at radius 3 is 2.46 bits per heavy atom. The molecule has 0 atom stereocenters. The van der Waals surface area contributed by atoms with Crippen molar-refractivity contribution in [2.24, 2.45) is 10.9 Å². The summed E-state index contributed by atoms with van der Waals surface area (Å²) in [5, 5.41) is 13.6. The van der Waals surface area contributed by atoms with Gasteiger partial charge >= 0.3 is 0 Å². The third kappa shape index (κ3) is 1.76. The highest BCUT2D eigenvalue weighted by molar-refractivity contribution is 6.42. The van der Waals surface area contributed by atoms with Gasteiger partial charge in [0.15, 0.2) is 0 Å². The molecule has 1 aromatic rings. The minimum absolute atomic E-state index is 0.269. The number of benzene rings is 1. The maximum Gasteiger partial charge on any atom is 0.115 e. The third-order valence-corrected chi connectivity index (χ3v) is 1.54. The quantitative estimate of drug-likeness (QED) is 0.253. The minimum Gasteiger partial charge on any atom is -0.543 e. The number of anilines is 1. The molecule has 68 valence electrons. The van der Waals surface area contributed by atoms with Gasteiger partial charge in [-0.3, -0.25) is 0 Å². The molecule has 5 heteroatoms. The Balaban J connectivity index is 3.21. The zero-order valence-electron chi connectivity index (χ0n) is 6.73. The van der Waals surface area contributed by atoms with Gasteiger partial charge in [-0.15, -0.1) is 0 Å². The zero-order valence-corrected chi connectivity index (χ0v) is 6.73. The second-order valence-electron chi connectivity index (χ2n) is 2.35. The van der Waals surface area contributed by atoms with Crippen molar-refractivity contribution in [1.82, 2.24) is 0 Å². The van der Waals surface area contributed by atoms with E-state index in [2.05, 4.69) is 5.10 Å². The van der Waals surface area contributed by atoms with E-state index in [4.69, 9.17) is 11.6 Å². The van der Waals surface area contributed by atoms with Gasteiger partial charge in [0.2, 0.25) is 0 Å². The van der Waals surface area contributed by atoms with Crippen molar-refractivity contribution >= 4 is 17.4 Å². The first-order valence-electron chi connectivity index (χ1n) is 3.51. The maximum absolute atomic E-state index is 10.5. The van der Waals surface area contributed by atoms with Gasteiger partial charge in [0.25, 0.3) is 0 Å². The van der Waals surface area contributed by atoms with E-state index in [1.807, 2.05) is 0 Å². The molecule has 0 saturated carbocycles. The van der Waals surface area contributed by atoms with E-state index in [0.717, 1.165) is 0 Å². The SMILES string of the molecule is NN=C(C(=O)[O-])c1ccccc1N. The van der Waals surface area contributed by atoms with Crippen molar-refractivity contribution in [2.75, 3.05) is 5.73 Å². The Bertz CT molecular complexity index is 360. The van der Waals surface area contributed by atoms with Crippen LogP contribution in [0.4, 0.5) is 5.69 Å². The summed E-state index contributed by atoms with van der Waals surface area (Å²) < 4.78 is 0. The molecule has 0 radical (unpaired) electrons. The van der Waals surface area contributed by atoms with Gasteiger partial charge in [-0.1, -0.05) is 18.2 Å². The van der Waals surface area contributed by atoms with Crippen LogP contribution in [0, 0.1) is 0 Å². The predicted octanol–water partition coefficient (Wildman–Crippen LogP) is -1.32. The molecule has 0 aliphatic rings. The van der Waals surface area contributed by atoms with Gasteiger partial charge in [-0.2, -0.15) is 5.10 Å². The van der Waals surface area contributed by atoms with E-state index in [-0.39, 0.29) is 11.3 Å². The molecule has 4 N–H and O–H groups in total. The Hall–Kier alpha value is -2.04. The molecular formula is C8H8N3O2-. The second-order valence-corrected chi connectivity index (χ2v) is 2.35. The standard InChI is InChI=1S/C8H9N3O2/c9-6-4-2-1-3-5(6)7(11-10)8(12)13/h1-4H,9-10H2,(H,12,13)/p-1. The molecule has 5 nitrogen and oxygen atoms in total. The predicted molar refractivity (Wildman–Crippen MR) is 46.6 cm³/mol. The number of carbonyl (C=O) groups is 1. The minimum atomic E-state index is -1.44. The van der Waals surface area contributed by atoms with Crippen molar-refractivity contribution in [2.45, 2.75) is 0 Å². The smallest absolute Gasteiger partial charge is 0.115 e. The summed E-state index contributed by atoms with van der Waals surface area (Å²) in [7, 11) is 0. The fraction of sp³-hybridized carbons (Fsp3) is 0. The van der Waals surface area contributed by atoms with Crippen LogP contribution >= 0.6 is 0 Å². The Morgan fingerprint density at radius 1 is 1.38 bits per heavy atom. The molecule has 0 aromatic heterocycles. The number of hydrazone groups is 1. The van der Waals surface area contributed by atoms with Gasteiger partial charge in [0, 0.05) is 11.3 Å². The molecule has 0 amide bonds. The molecule has 0 aliphatic carbocycles. The number of carboxylic acid groups (broad SMARTS) is 1. The highest BCUT2D eigenvalue weighted by Crippen LogP contribution is 2.10. The average molecular weight is 178 g/mol. The first-order chi connectivity index (χ1) is 6.16. The fourth-order valence-corrected chi connectivity index (χ4v) is 0.945. The number of nitrogen functional groups attached to an aromatic ring is 1. The Kier molecular flexibility index (Phi) is 2.49. The van der Waals surface area contributed by atoms with Crippen LogP contribution in [-0.4, -0.2) is 11.7 Å². The van der Waals surface area contributed by atoms with Crippen molar-refractivity contribution in [3.05, 3.63) is 29.8 Å². The zero-order chi connectivity index (χ0) is 9.84. The number of rotatable bonds is 2. The number of carboxylic acids is 1. The lowest BCUT2D eigenvalue weighted by atomic mass is 10.1. The van der Waals surface area contributed by atoms with E-state index in [1.165, 1.54) is 6.07 Å². The number of hydrogen-bond acceptors (Lipinski definition) is 5. The molecule has 1 aromatic carbocycles. The lowest BCUT2D eigenvalue weighted by Gasteiger charge is -2.07. The first kappa shape index (κ1) is 9.05. The topological polar surface area (TPSA) is 105 Å². The van der Waals surface area contributed by atoms with Crippen LogP contribution < -0.4 is 16.7 Å². The van der Waals surface area contributed by atoms with Crippen LogP contribution in [0.25, 0.3) is 0 Å². The number of aliphatic carboxylic acids is 1. The van der Waals surface area contributed by atoms with E-state index in [1.54, 1.807) is 18.2 Å². The van der Waals surface area contributed by atoms with Crippen LogP contribution in [0.15, 0.2) is 29.4 Å². The maximum atomic E-state index is 10.5. The molecule has 0 saturated heterocycles. The Labute approximate surface area is 74.7 Å². The van der Waals surface area contributed by atoms with Gasteiger partial charge in [-0.05, 0) is 6.07 Å². The van der Waals surface area contributed by atoms with Crippen LogP contribution in [0.3, 0.4) is 0 Å². The number of carbonyl (C=O) groups excluding carboxylic acids is 1. The normalized spacial score (nSPS) is 11.2. The number of nitrogens with two attached hydrogens (primary N) is 2. The molecule has 0 bridgehead atoms. The van der Waals surface area contributed by atoms with Crippen LogP contribution in [-0.2, 0) is 4.79 Å². The van der Waals surface area contributed by atoms with Crippen LogP contribution in [0.5, 0.6) is 0 Å². The van der Waals surface area contributed by atoms with Gasteiger partial charge in [0.1, 0.15) is 5.71 Å². The van der Waals surface area contributed by atoms with Gasteiger partial charge in [-0.25, -0.2) is 0 Å². The van der Waals surface area contributed by atoms with Crippen molar-refractivity contribution in [3.8, 4) is 0 Å². The molecule has 13 heavy (non-hydrogen) atoms. The largest absolute Gasteiger partial charge is 0.543 e. The summed E-state index contributed by atoms with van der Waals surface area (Å²) in [6, 6.07) is 6.39. The summed E-state index contributed by atoms with van der Waals surface area (Å²) in [5.74, 6) is 3.44. The highest BCUT2D eigenvalue weighted by Gasteiger charge is 2.06. The molecule has 0 unspecified atom stereocenters.